The summed E-state index contributed by atoms with van der Waals surface area (Å²) in [6.45, 7) is 1.87. The van der Waals surface area contributed by atoms with Crippen molar-refractivity contribution >= 4 is 0 Å². The van der Waals surface area contributed by atoms with Gasteiger partial charge in [0.1, 0.15) is 5.82 Å². The average molecular weight is 276 g/mol. The van der Waals surface area contributed by atoms with E-state index in [1.54, 1.807) is 0 Å². The molecule has 1 saturated heterocycles. The van der Waals surface area contributed by atoms with Crippen LogP contribution in [0.5, 0.6) is 0 Å². The van der Waals surface area contributed by atoms with Gasteiger partial charge in [-0.2, -0.15) is 4.98 Å². The molecule has 106 valence electrons. The second kappa shape index (κ2) is 5.68. The lowest BCUT2D eigenvalue weighted by molar-refractivity contribution is 0.238. The number of hydrogen-bond donors (Lipinski definition) is 1. The number of halogens is 1. The fourth-order valence-electron chi connectivity index (χ4n) is 2.70. The zero-order chi connectivity index (χ0) is 13.9. The van der Waals surface area contributed by atoms with Crippen LogP contribution in [0.15, 0.2) is 28.8 Å². The first-order valence-corrected chi connectivity index (χ1v) is 6.77. The van der Waals surface area contributed by atoms with Gasteiger partial charge >= 0.3 is 0 Å². The molecule has 0 bridgehead atoms. The van der Waals surface area contributed by atoms with Crippen molar-refractivity contribution in [3.63, 3.8) is 0 Å². The van der Waals surface area contributed by atoms with Crippen molar-refractivity contribution in [1.82, 2.24) is 15.0 Å². The van der Waals surface area contributed by atoms with Crippen LogP contribution in [-0.4, -0.2) is 21.6 Å². The lowest BCUT2D eigenvalue weighted by atomic mass is 10.0. The zero-order valence-electron chi connectivity index (χ0n) is 11.1. The van der Waals surface area contributed by atoms with Gasteiger partial charge in [0.05, 0.1) is 13.1 Å². The number of nitrogens with zero attached hydrogens (tertiary/aromatic N) is 3. The van der Waals surface area contributed by atoms with E-state index in [0.29, 0.717) is 18.3 Å². The maximum absolute atomic E-state index is 13.0. The van der Waals surface area contributed by atoms with E-state index in [-0.39, 0.29) is 18.4 Å². The summed E-state index contributed by atoms with van der Waals surface area (Å²) in [4.78, 5) is 6.52. The van der Waals surface area contributed by atoms with Gasteiger partial charge in [0, 0.05) is 6.04 Å². The van der Waals surface area contributed by atoms with Gasteiger partial charge in [-0.05, 0) is 37.1 Å². The molecule has 0 spiro atoms. The van der Waals surface area contributed by atoms with Gasteiger partial charge in [0.15, 0.2) is 5.82 Å². The minimum absolute atomic E-state index is 0.205. The summed E-state index contributed by atoms with van der Waals surface area (Å²) >= 11 is 0. The maximum atomic E-state index is 13.0. The molecule has 0 saturated carbocycles. The summed E-state index contributed by atoms with van der Waals surface area (Å²) in [7, 11) is 0. The summed E-state index contributed by atoms with van der Waals surface area (Å²) in [6, 6.07) is 6.99. The quantitative estimate of drug-likeness (QED) is 0.925. The van der Waals surface area contributed by atoms with Crippen LogP contribution < -0.4 is 5.73 Å². The maximum Gasteiger partial charge on any atom is 0.240 e. The smallest absolute Gasteiger partial charge is 0.240 e. The van der Waals surface area contributed by atoms with Crippen LogP contribution in [0.2, 0.25) is 0 Å². The molecule has 2 aromatic rings. The van der Waals surface area contributed by atoms with E-state index in [1.165, 1.54) is 12.1 Å². The van der Waals surface area contributed by atoms with Crippen LogP contribution in [0.25, 0.3) is 0 Å². The Bertz CT molecular complexity index is 569. The number of nitrogens with two attached hydrogens (primary N) is 1. The SMILES string of the molecule is NCc1nc(CN2CCCC2c2ccc(F)cc2)no1. The molecule has 0 amide bonds. The predicted octanol–water partition coefficient (Wildman–Crippen LogP) is 2.00. The van der Waals surface area contributed by atoms with Gasteiger partial charge < -0.3 is 10.3 Å². The summed E-state index contributed by atoms with van der Waals surface area (Å²) in [6.07, 6.45) is 2.18. The normalized spacial score (nSPS) is 19.6. The molecule has 5 nitrogen and oxygen atoms in total. The highest BCUT2D eigenvalue weighted by Gasteiger charge is 2.27. The summed E-state index contributed by atoms with van der Waals surface area (Å²) < 4.78 is 18.0. The molecular formula is C14H17FN4O. The van der Waals surface area contributed by atoms with E-state index in [1.807, 2.05) is 12.1 Å². The van der Waals surface area contributed by atoms with E-state index in [2.05, 4.69) is 15.0 Å². The third-order valence-electron chi connectivity index (χ3n) is 3.65. The van der Waals surface area contributed by atoms with E-state index in [4.69, 9.17) is 10.3 Å². The van der Waals surface area contributed by atoms with Crippen LogP contribution in [0, 0.1) is 5.82 Å². The fraction of sp³-hybridized carbons (Fsp3) is 0.429. The second-order valence-electron chi connectivity index (χ2n) is 4.99. The van der Waals surface area contributed by atoms with Crippen LogP contribution >= 0.6 is 0 Å². The largest absolute Gasteiger partial charge is 0.338 e. The minimum Gasteiger partial charge on any atom is -0.338 e. The Kier molecular flexibility index (Phi) is 3.75. The molecule has 2 N–H and O–H groups in total. The van der Waals surface area contributed by atoms with Crippen molar-refractivity contribution in [2.24, 2.45) is 5.73 Å². The molecule has 1 fully saturated rings. The highest BCUT2D eigenvalue weighted by Crippen LogP contribution is 2.32. The standard InChI is InChI=1S/C14H17FN4O/c15-11-5-3-10(4-6-11)12-2-1-7-19(12)9-13-17-14(8-16)20-18-13/h3-6,12H,1-2,7-9,16H2. The first-order chi connectivity index (χ1) is 9.76. The highest BCUT2D eigenvalue weighted by molar-refractivity contribution is 5.21. The molecule has 1 atom stereocenters. The Morgan fingerprint density at radius 3 is 2.85 bits per heavy atom. The van der Waals surface area contributed by atoms with E-state index >= 15 is 0 Å². The molecule has 6 heteroatoms. The van der Waals surface area contributed by atoms with E-state index in [9.17, 15) is 4.39 Å². The van der Waals surface area contributed by atoms with Gasteiger partial charge in [-0.25, -0.2) is 4.39 Å². The monoisotopic (exact) mass is 276 g/mol. The highest BCUT2D eigenvalue weighted by atomic mass is 19.1. The van der Waals surface area contributed by atoms with Gasteiger partial charge in [0.25, 0.3) is 0 Å². The molecule has 3 rings (SSSR count). The lowest BCUT2D eigenvalue weighted by Crippen LogP contribution is -2.23. The third kappa shape index (κ3) is 2.71. The van der Waals surface area contributed by atoms with Crippen molar-refractivity contribution in [3.05, 3.63) is 47.4 Å². The van der Waals surface area contributed by atoms with E-state index in [0.717, 1.165) is 24.9 Å². The number of aromatic nitrogens is 2. The second-order valence-corrected chi connectivity index (χ2v) is 4.99. The topological polar surface area (TPSA) is 68.2 Å². The van der Waals surface area contributed by atoms with Crippen LogP contribution in [0.3, 0.4) is 0 Å². The number of hydrogen-bond acceptors (Lipinski definition) is 5. The molecule has 1 aliphatic heterocycles. The fourth-order valence-corrected chi connectivity index (χ4v) is 2.70. The number of likely N-dealkylation sites (tertiary alicyclic amines) is 1. The molecule has 2 heterocycles. The third-order valence-corrected chi connectivity index (χ3v) is 3.65. The van der Waals surface area contributed by atoms with Crippen molar-refractivity contribution < 1.29 is 8.91 Å². The van der Waals surface area contributed by atoms with E-state index < -0.39 is 0 Å². The predicted molar refractivity (Wildman–Crippen MR) is 71.0 cm³/mol. The average Bonchev–Trinajstić information content (AvgIpc) is 3.09. The summed E-state index contributed by atoms with van der Waals surface area (Å²) in [5.41, 5.74) is 6.59. The first-order valence-electron chi connectivity index (χ1n) is 6.77. The number of rotatable bonds is 4. The van der Waals surface area contributed by atoms with Crippen molar-refractivity contribution in [2.75, 3.05) is 6.54 Å². The number of benzene rings is 1. The van der Waals surface area contributed by atoms with Crippen LogP contribution in [0.1, 0.15) is 36.2 Å². The molecular weight excluding hydrogens is 259 g/mol. The Balaban J connectivity index is 1.73. The van der Waals surface area contributed by atoms with Crippen LogP contribution in [-0.2, 0) is 13.1 Å². The molecule has 1 aromatic carbocycles. The Labute approximate surface area is 116 Å². The van der Waals surface area contributed by atoms with Gasteiger partial charge in [-0.3, -0.25) is 4.90 Å². The van der Waals surface area contributed by atoms with Crippen LogP contribution in [0.4, 0.5) is 4.39 Å². The lowest BCUT2D eigenvalue weighted by Gasteiger charge is -2.23. The van der Waals surface area contributed by atoms with Gasteiger partial charge in [0.2, 0.25) is 5.89 Å². The summed E-state index contributed by atoms with van der Waals surface area (Å²) in [5, 5.41) is 3.92. The Hall–Kier alpha value is -1.79. The molecule has 0 radical (unpaired) electrons. The Morgan fingerprint density at radius 2 is 2.15 bits per heavy atom. The van der Waals surface area contributed by atoms with Crippen molar-refractivity contribution in [2.45, 2.75) is 32.0 Å². The molecule has 1 aliphatic rings. The zero-order valence-corrected chi connectivity index (χ0v) is 11.1. The van der Waals surface area contributed by atoms with Gasteiger partial charge in [-0.15, -0.1) is 0 Å². The molecule has 1 unspecified atom stereocenters. The molecule has 0 aliphatic carbocycles. The first kappa shape index (κ1) is 13.2. The molecule has 20 heavy (non-hydrogen) atoms. The Morgan fingerprint density at radius 1 is 1.35 bits per heavy atom. The van der Waals surface area contributed by atoms with Gasteiger partial charge in [-0.1, -0.05) is 17.3 Å². The minimum atomic E-state index is -0.205. The molecule has 1 aromatic heterocycles. The summed E-state index contributed by atoms with van der Waals surface area (Å²) in [5.74, 6) is 0.904. The van der Waals surface area contributed by atoms with Crippen molar-refractivity contribution in [3.8, 4) is 0 Å². The van der Waals surface area contributed by atoms with Crippen molar-refractivity contribution in [1.29, 1.82) is 0 Å².